The summed E-state index contributed by atoms with van der Waals surface area (Å²) in [6.45, 7) is 3.88. The number of aryl methyl sites for hydroxylation is 2. The van der Waals surface area contributed by atoms with Crippen LogP contribution in [0.5, 0.6) is 5.75 Å². The molecule has 2 nitrogen and oxygen atoms in total. The van der Waals surface area contributed by atoms with E-state index in [0.717, 1.165) is 31.4 Å². The lowest BCUT2D eigenvalue weighted by Gasteiger charge is -2.28. The first kappa shape index (κ1) is 25.9. The van der Waals surface area contributed by atoms with E-state index in [1.54, 1.807) is 0 Å². The van der Waals surface area contributed by atoms with E-state index in [9.17, 15) is 13.6 Å². The number of hydrogen-bond donors (Lipinski definition) is 0. The van der Waals surface area contributed by atoms with Crippen molar-refractivity contribution in [2.75, 3.05) is 0 Å². The number of ether oxygens (including phenoxy) is 1. The Morgan fingerprint density at radius 3 is 2.06 bits per heavy atom. The van der Waals surface area contributed by atoms with Crippen LogP contribution in [-0.2, 0) is 12.8 Å². The van der Waals surface area contributed by atoms with Gasteiger partial charge in [-0.2, -0.15) is 0 Å². The standard InChI is InChI=1S/C29H27F5O2/c1-3-5-6-8-16-9-10-18(15-21(16)30)29(35)36-22-14-13-20-19-12-11-17(7-4-2)25(31)23(19)27(33)28(34)24(20)26(22)32/h9-15,27-28H,3-8H2,1-2H3. The van der Waals surface area contributed by atoms with E-state index in [0.29, 0.717) is 24.8 Å². The predicted molar refractivity (Wildman–Crippen MR) is 128 cm³/mol. The van der Waals surface area contributed by atoms with E-state index in [2.05, 4.69) is 0 Å². The van der Waals surface area contributed by atoms with E-state index in [-0.39, 0.29) is 22.3 Å². The summed E-state index contributed by atoms with van der Waals surface area (Å²) in [5.74, 6) is -4.31. The van der Waals surface area contributed by atoms with Crippen molar-refractivity contribution in [3.63, 3.8) is 0 Å². The summed E-state index contributed by atoms with van der Waals surface area (Å²) in [5.41, 5.74) is -0.430. The number of fused-ring (bicyclic) bond motifs is 3. The van der Waals surface area contributed by atoms with Gasteiger partial charge in [-0.3, -0.25) is 0 Å². The number of carbonyl (C=O) groups excluding carboxylic acids is 1. The highest BCUT2D eigenvalue weighted by molar-refractivity contribution is 5.91. The van der Waals surface area contributed by atoms with Gasteiger partial charge in [0, 0.05) is 11.1 Å². The van der Waals surface area contributed by atoms with Gasteiger partial charge in [-0.05, 0) is 59.7 Å². The Hall–Kier alpha value is -3.22. The minimum absolute atomic E-state index is 0.00637. The second-order valence-corrected chi connectivity index (χ2v) is 9.05. The van der Waals surface area contributed by atoms with Gasteiger partial charge >= 0.3 is 5.97 Å². The van der Waals surface area contributed by atoms with Crippen LogP contribution < -0.4 is 4.74 Å². The summed E-state index contributed by atoms with van der Waals surface area (Å²) in [4.78, 5) is 12.6. The van der Waals surface area contributed by atoms with Crippen LogP contribution in [0, 0.1) is 17.5 Å². The number of esters is 1. The second-order valence-electron chi connectivity index (χ2n) is 9.05. The number of alkyl halides is 2. The van der Waals surface area contributed by atoms with Crippen molar-refractivity contribution in [3.05, 3.63) is 87.7 Å². The SMILES string of the molecule is CCCCCc1ccc(C(=O)Oc2ccc3c(c2F)C(F)C(F)c2c-3ccc(CCC)c2F)cc1F. The molecule has 7 heteroatoms. The highest BCUT2D eigenvalue weighted by atomic mass is 19.2. The van der Waals surface area contributed by atoms with Gasteiger partial charge in [-0.25, -0.2) is 26.7 Å². The van der Waals surface area contributed by atoms with Gasteiger partial charge in [-0.1, -0.05) is 57.4 Å². The molecule has 4 rings (SSSR count). The third-order valence-electron chi connectivity index (χ3n) is 6.56. The molecule has 1 aliphatic rings. The van der Waals surface area contributed by atoms with Crippen LogP contribution in [0.2, 0.25) is 0 Å². The lowest BCUT2D eigenvalue weighted by molar-refractivity contribution is 0.0725. The first-order valence-electron chi connectivity index (χ1n) is 12.2. The molecule has 0 N–H and O–H groups in total. The molecule has 2 unspecified atom stereocenters. The van der Waals surface area contributed by atoms with Crippen LogP contribution in [0.1, 0.15) is 84.5 Å². The molecule has 0 bridgehead atoms. The van der Waals surface area contributed by atoms with Crippen molar-refractivity contribution >= 4 is 5.97 Å². The molecule has 2 atom stereocenters. The molecule has 3 aromatic rings. The summed E-state index contributed by atoms with van der Waals surface area (Å²) < 4.78 is 79.9. The number of rotatable bonds is 8. The first-order valence-corrected chi connectivity index (χ1v) is 12.2. The van der Waals surface area contributed by atoms with Crippen LogP contribution in [0.15, 0.2) is 42.5 Å². The average molecular weight is 503 g/mol. The molecule has 0 fully saturated rings. The fraction of sp³-hybridized carbons (Fsp3) is 0.345. The Labute approximate surface area is 207 Å². The summed E-state index contributed by atoms with van der Waals surface area (Å²) >= 11 is 0. The minimum Gasteiger partial charge on any atom is -0.420 e. The third kappa shape index (κ3) is 4.75. The van der Waals surface area contributed by atoms with Gasteiger partial charge in [0.2, 0.25) is 0 Å². The van der Waals surface area contributed by atoms with E-state index in [1.165, 1.54) is 30.3 Å². The Morgan fingerprint density at radius 1 is 0.778 bits per heavy atom. The van der Waals surface area contributed by atoms with Gasteiger partial charge in [0.25, 0.3) is 0 Å². The number of unbranched alkanes of at least 4 members (excludes halogenated alkanes) is 2. The fourth-order valence-electron chi connectivity index (χ4n) is 4.66. The summed E-state index contributed by atoms with van der Waals surface area (Å²) in [5, 5.41) is 0. The van der Waals surface area contributed by atoms with Gasteiger partial charge in [0.15, 0.2) is 23.9 Å². The summed E-state index contributed by atoms with van der Waals surface area (Å²) in [7, 11) is 0. The maximum Gasteiger partial charge on any atom is 0.343 e. The number of halogens is 5. The Kier molecular flexibility index (Phi) is 7.76. The highest BCUT2D eigenvalue weighted by Gasteiger charge is 2.40. The molecule has 36 heavy (non-hydrogen) atoms. The maximum absolute atomic E-state index is 15.3. The van der Waals surface area contributed by atoms with Crippen molar-refractivity contribution in [3.8, 4) is 16.9 Å². The van der Waals surface area contributed by atoms with E-state index in [1.807, 2.05) is 13.8 Å². The van der Waals surface area contributed by atoms with Crippen LogP contribution in [0.4, 0.5) is 22.0 Å². The smallest absolute Gasteiger partial charge is 0.343 e. The highest BCUT2D eigenvalue weighted by Crippen LogP contribution is 2.51. The van der Waals surface area contributed by atoms with Gasteiger partial charge in [0.1, 0.15) is 11.6 Å². The Balaban J connectivity index is 1.64. The zero-order valence-electron chi connectivity index (χ0n) is 20.1. The van der Waals surface area contributed by atoms with Crippen LogP contribution in [-0.4, -0.2) is 5.97 Å². The molecular formula is C29H27F5O2. The van der Waals surface area contributed by atoms with Crippen LogP contribution >= 0.6 is 0 Å². The largest absolute Gasteiger partial charge is 0.420 e. The molecule has 0 saturated heterocycles. The van der Waals surface area contributed by atoms with Crippen molar-refractivity contribution < 1.29 is 31.5 Å². The Morgan fingerprint density at radius 2 is 1.42 bits per heavy atom. The molecule has 190 valence electrons. The predicted octanol–water partition coefficient (Wildman–Crippen LogP) is 8.71. The van der Waals surface area contributed by atoms with E-state index < -0.39 is 52.6 Å². The van der Waals surface area contributed by atoms with Gasteiger partial charge < -0.3 is 4.74 Å². The molecule has 3 aromatic carbocycles. The topological polar surface area (TPSA) is 26.3 Å². The molecule has 0 spiro atoms. The van der Waals surface area contributed by atoms with Crippen LogP contribution in [0.3, 0.4) is 0 Å². The Bertz CT molecular complexity index is 1290. The minimum atomic E-state index is -2.49. The monoisotopic (exact) mass is 502 g/mol. The number of benzene rings is 3. The average Bonchev–Trinajstić information content (AvgIpc) is 2.86. The van der Waals surface area contributed by atoms with Gasteiger partial charge in [0.05, 0.1) is 5.56 Å². The third-order valence-corrected chi connectivity index (χ3v) is 6.56. The first-order chi connectivity index (χ1) is 17.3. The molecular weight excluding hydrogens is 475 g/mol. The van der Waals surface area contributed by atoms with E-state index >= 15 is 13.2 Å². The van der Waals surface area contributed by atoms with Crippen molar-refractivity contribution in [1.82, 2.24) is 0 Å². The molecule has 0 amide bonds. The lowest BCUT2D eigenvalue weighted by atomic mass is 9.81. The zero-order valence-corrected chi connectivity index (χ0v) is 20.1. The summed E-state index contributed by atoms with van der Waals surface area (Å²) in [6, 6.07) is 9.20. The van der Waals surface area contributed by atoms with Gasteiger partial charge in [-0.15, -0.1) is 0 Å². The maximum atomic E-state index is 15.3. The summed E-state index contributed by atoms with van der Waals surface area (Å²) in [6.07, 6.45) is -0.648. The molecule has 0 radical (unpaired) electrons. The molecule has 0 aliphatic heterocycles. The van der Waals surface area contributed by atoms with Crippen molar-refractivity contribution in [1.29, 1.82) is 0 Å². The quantitative estimate of drug-likeness (QED) is 0.133. The van der Waals surface area contributed by atoms with E-state index in [4.69, 9.17) is 4.74 Å². The fourth-order valence-corrected chi connectivity index (χ4v) is 4.66. The lowest BCUT2D eigenvalue weighted by Crippen LogP contribution is -2.17. The molecule has 1 aliphatic carbocycles. The molecule has 0 saturated carbocycles. The van der Waals surface area contributed by atoms with Crippen molar-refractivity contribution in [2.45, 2.75) is 64.7 Å². The number of carbonyl (C=O) groups is 1. The normalized spacial score (nSPS) is 16.4. The zero-order chi connectivity index (χ0) is 26.0. The molecule has 0 heterocycles. The molecule has 0 aromatic heterocycles. The van der Waals surface area contributed by atoms with Crippen molar-refractivity contribution in [2.24, 2.45) is 0 Å². The number of hydrogen-bond acceptors (Lipinski definition) is 2. The second kappa shape index (κ2) is 10.8. The van der Waals surface area contributed by atoms with Crippen LogP contribution in [0.25, 0.3) is 11.1 Å².